The van der Waals surface area contributed by atoms with Gasteiger partial charge in [0.15, 0.2) is 0 Å². The van der Waals surface area contributed by atoms with Gasteiger partial charge in [-0.3, -0.25) is 16.0 Å². The standard InChI is InChI=1S/C12H18N4O4S/c1-8-6-15(7-9(8)2)21(19,20)10-3-4-11(14-13)12(5-10)16(17)18/h3-5,8-9,14H,6-7,13H2,1-2H3. The highest BCUT2D eigenvalue weighted by Crippen LogP contribution is 2.31. The SMILES string of the molecule is CC1CN(S(=O)(=O)c2ccc(NN)c([N+](=O)[O-])c2)CC1C. The van der Waals surface area contributed by atoms with Gasteiger partial charge in [-0.15, -0.1) is 0 Å². The molecule has 1 heterocycles. The molecule has 0 aromatic heterocycles. The zero-order chi connectivity index (χ0) is 15.8. The van der Waals surface area contributed by atoms with Crippen LogP contribution in [0.1, 0.15) is 13.8 Å². The molecule has 1 fully saturated rings. The fourth-order valence-corrected chi connectivity index (χ4v) is 4.03. The van der Waals surface area contributed by atoms with Crippen molar-refractivity contribution < 1.29 is 13.3 Å². The largest absolute Gasteiger partial charge is 0.318 e. The van der Waals surface area contributed by atoms with Crippen molar-refractivity contribution in [3.63, 3.8) is 0 Å². The van der Waals surface area contributed by atoms with E-state index in [0.29, 0.717) is 13.1 Å². The molecule has 0 saturated carbocycles. The van der Waals surface area contributed by atoms with Crippen LogP contribution in [0.3, 0.4) is 0 Å². The lowest BCUT2D eigenvalue weighted by Crippen LogP contribution is -2.29. The molecule has 9 heteroatoms. The summed E-state index contributed by atoms with van der Waals surface area (Å²) in [7, 11) is -3.73. The van der Waals surface area contributed by atoms with Crippen molar-refractivity contribution in [2.75, 3.05) is 18.5 Å². The molecule has 3 N–H and O–H groups in total. The molecule has 0 spiro atoms. The zero-order valence-corrected chi connectivity index (χ0v) is 12.6. The summed E-state index contributed by atoms with van der Waals surface area (Å²) in [5, 5.41) is 11.0. The number of nitrogens with zero attached hydrogens (tertiary/aromatic N) is 2. The van der Waals surface area contributed by atoms with E-state index in [-0.39, 0.29) is 28.1 Å². The first kappa shape index (κ1) is 15.7. The first-order valence-corrected chi connectivity index (χ1v) is 7.96. The van der Waals surface area contributed by atoms with E-state index < -0.39 is 14.9 Å². The molecule has 2 rings (SSSR count). The summed E-state index contributed by atoms with van der Waals surface area (Å²) < 4.78 is 26.5. The van der Waals surface area contributed by atoms with Gasteiger partial charge in [0.2, 0.25) is 10.0 Å². The minimum Gasteiger partial charge on any atom is -0.318 e. The van der Waals surface area contributed by atoms with Gasteiger partial charge in [-0.1, -0.05) is 13.8 Å². The first-order chi connectivity index (χ1) is 9.77. The first-order valence-electron chi connectivity index (χ1n) is 6.52. The van der Waals surface area contributed by atoms with E-state index in [1.54, 1.807) is 0 Å². The van der Waals surface area contributed by atoms with Crippen LogP contribution in [0.15, 0.2) is 23.1 Å². The lowest BCUT2D eigenvalue weighted by molar-refractivity contribution is -0.384. The predicted molar refractivity (Wildman–Crippen MR) is 78.0 cm³/mol. The molecule has 1 saturated heterocycles. The van der Waals surface area contributed by atoms with Crippen LogP contribution in [0.4, 0.5) is 11.4 Å². The second-order valence-corrected chi connectivity index (χ2v) is 7.29. The Morgan fingerprint density at radius 2 is 1.90 bits per heavy atom. The lowest BCUT2D eigenvalue weighted by atomic mass is 10.0. The summed E-state index contributed by atoms with van der Waals surface area (Å²) >= 11 is 0. The molecular formula is C12H18N4O4S. The second-order valence-electron chi connectivity index (χ2n) is 5.36. The Balaban J connectivity index is 2.42. The Morgan fingerprint density at radius 1 is 1.33 bits per heavy atom. The molecule has 0 amide bonds. The third-order valence-corrected chi connectivity index (χ3v) is 5.74. The zero-order valence-electron chi connectivity index (χ0n) is 11.8. The Labute approximate surface area is 123 Å². The number of nitrogens with one attached hydrogen (secondary N) is 1. The van der Waals surface area contributed by atoms with Crippen molar-refractivity contribution in [3.05, 3.63) is 28.3 Å². The van der Waals surface area contributed by atoms with Crippen LogP contribution in [0.2, 0.25) is 0 Å². The van der Waals surface area contributed by atoms with Crippen LogP contribution < -0.4 is 11.3 Å². The predicted octanol–water partition coefficient (Wildman–Crippen LogP) is 1.16. The number of rotatable bonds is 4. The topological polar surface area (TPSA) is 119 Å². The molecule has 1 aliphatic heterocycles. The highest BCUT2D eigenvalue weighted by molar-refractivity contribution is 7.89. The number of hydrogen-bond donors (Lipinski definition) is 2. The molecule has 2 atom stereocenters. The van der Waals surface area contributed by atoms with Crippen LogP contribution in [-0.4, -0.2) is 30.7 Å². The number of nitro benzene ring substituents is 1. The highest BCUT2D eigenvalue weighted by Gasteiger charge is 2.35. The van der Waals surface area contributed by atoms with Crippen LogP contribution in [0.5, 0.6) is 0 Å². The quantitative estimate of drug-likeness (QED) is 0.489. The summed E-state index contributed by atoms with van der Waals surface area (Å²) in [6.07, 6.45) is 0. The summed E-state index contributed by atoms with van der Waals surface area (Å²) in [5.41, 5.74) is 1.90. The maximum Gasteiger partial charge on any atom is 0.294 e. The summed E-state index contributed by atoms with van der Waals surface area (Å²) in [4.78, 5) is 10.2. The van der Waals surface area contributed by atoms with Crippen LogP contribution in [-0.2, 0) is 10.0 Å². The fourth-order valence-electron chi connectivity index (χ4n) is 2.37. The fraction of sp³-hybridized carbons (Fsp3) is 0.500. The number of benzene rings is 1. The average Bonchev–Trinajstić information content (AvgIpc) is 2.78. The third kappa shape index (κ3) is 2.85. The van der Waals surface area contributed by atoms with Gasteiger partial charge in [-0.25, -0.2) is 8.42 Å². The minimum absolute atomic E-state index is 0.0714. The van der Waals surface area contributed by atoms with Crippen molar-refractivity contribution in [2.24, 2.45) is 17.7 Å². The summed E-state index contributed by atoms with van der Waals surface area (Å²) in [6.45, 7) is 4.83. The molecule has 0 radical (unpaired) electrons. The Morgan fingerprint density at radius 3 is 2.38 bits per heavy atom. The highest BCUT2D eigenvalue weighted by atomic mass is 32.2. The molecule has 0 aliphatic carbocycles. The second kappa shape index (κ2) is 5.58. The van der Waals surface area contributed by atoms with Gasteiger partial charge in [0.25, 0.3) is 5.69 Å². The molecule has 8 nitrogen and oxygen atoms in total. The van der Waals surface area contributed by atoms with Crippen molar-refractivity contribution in [1.29, 1.82) is 0 Å². The van der Waals surface area contributed by atoms with Crippen LogP contribution >= 0.6 is 0 Å². The maximum atomic E-state index is 12.6. The van der Waals surface area contributed by atoms with E-state index in [0.717, 1.165) is 6.07 Å². The smallest absolute Gasteiger partial charge is 0.294 e. The molecule has 1 aromatic rings. The van der Waals surface area contributed by atoms with Crippen molar-refractivity contribution in [3.8, 4) is 0 Å². The molecular weight excluding hydrogens is 296 g/mol. The molecule has 1 aliphatic rings. The van der Waals surface area contributed by atoms with Gasteiger partial charge in [0.05, 0.1) is 9.82 Å². The van der Waals surface area contributed by atoms with Crippen molar-refractivity contribution in [1.82, 2.24) is 4.31 Å². The molecule has 21 heavy (non-hydrogen) atoms. The van der Waals surface area contributed by atoms with Crippen LogP contribution in [0, 0.1) is 22.0 Å². The number of sulfonamides is 1. The monoisotopic (exact) mass is 314 g/mol. The molecule has 116 valence electrons. The van der Waals surface area contributed by atoms with Gasteiger partial charge in [-0.05, 0) is 24.0 Å². The summed E-state index contributed by atoms with van der Waals surface area (Å²) in [6, 6.07) is 3.66. The molecule has 1 aromatic carbocycles. The number of nitrogen functional groups attached to an aromatic ring is 1. The molecule has 0 bridgehead atoms. The van der Waals surface area contributed by atoms with E-state index in [2.05, 4.69) is 5.43 Å². The van der Waals surface area contributed by atoms with Gasteiger partial charge in [0.1, 0.15) is 5.69 Å². The van der Waals surface area contributed by atoms with Gasteiger partial charge >= 0.3 is 0 Å². The summed E-state index contributed by atoms with van der Waals surface area (Å²) in [5.74, 6) is 5.72. The third-order valence-electron chi connectivity index (χ3n) is 3.91. The van der Waals surface area contributed by atoms with E-state index in [1.165, 1.54) is 16.4 Å². The van der Waals surface area contributed by atoms with E-state index in [9.17, 15) is 18.5 Å². The normalized spacial score (nSPS) is 23.2. The lowest BCUT2D eigenvalue weighted by Gasteiger charge is -2.16. The van der Waals surface area contributed by atoms with Gasteiger partial charge in [0, 0.05) is 19.2 Å². The average molecular weight is 314 g/mol. The van der Waals surface area contributed by atoms with E-state index in [4.69, 9.17) is 5.84 Å². The van der Waals surface area contributed by atoms with Crippen molar-refractivity contribution >= 4 is 21.4 Å². The number of nitro groups is 1. The number of anilines is 1. The maximum absolute atomic E-state index is 12.6. The van der Waals surface area contributed by atoms with Crippen LogP contribution in [0.25, 0.3) is 0 Å². The van der Waals surface area contributed by atoms with Gasteiger partial charge < -0.3 is 5.43 Å². The minimum atomic E-state index is -3.73. The Hall–Kier alpha value is -1.71. The number of nitrogens with two attached hydrogens (primary N) is 1. The van der Waals surface area contributed by atoms with Gasteiger partial charge in [-0.2, -0.15) is 4.31 Å². The Kier molecular flexibility index (Phi) is 4.17. The van der Waals surface area contributed by atoms with Crippen molar-refractivity contribution in [2.45, 2.75) is 18.7 Å². The number of hydrogen-bond acceptors (Lipinski definition) is 6. The van der Waals surface area contributed by atoms with E-state index in [1.807, 2.05) is 13.8 Å². The Bertz CT molecular complexity index is 651. The number of hydrazine groups is 1. The molecule has 2 unspecified atom stereocenters. The van der Waals surface area contributed by atoms with E-state index >= 15 is 0 Å².